The molecule has 0 unspecified atom stereocenters. The number of sulfone groups is 1. The highest BCUT2D eigenvalue weighted by atomic mass is 35.7. The Morgan fingerprint density at radius 2 is 1.62 bits per heavy atom. The van der Waals surface area contributed by atoms with Gasteiger partial charge < -0.3 is 0 Å². The fraction of sp³-hybridized carbons (Fsp3) is 1.00. The van der Waals surface area contributed by atoms with Crippen LogP contribution in [0, 0.1) is 0 Å². The van der Waals surface area contributed by atoms with Crippen molar-refractivity contribution in [2.24, 2.45) is 0 Å². The molecule has 0 radical (unpaired) electrons. The van der Waals surface area contributed by atoms with Gasteiger partial charge in [-0.15, -0.1) is 0 Å². The molecule has 1 atom stereocenters. The number of rotatable bonds is 4. The summed E-state index contributed by atoms with van der Waals surface area (Å²) in [7, 11) is -2.79. The first-order chi connectivity index (χ1) is 5.41. The molecule has 0 N–H and O–H groups in total. The largest absolute Gasteiger partial charge is 0.242 e. The summed E-state index contributed by atoms with van der Waals surface area (Å²) in [4.78, 5) is 0. The van der Waals surface area contributed by atoms with E-state index in [-0.39, 0.29) is 0 Å². The van der Waals surface area contributed by atoms with Crippen molar-refractivity contribution in [1.29, 1.82) is 0 Å². The Hall–Kier alpha value is 0.120. The first-order valence-corrected chi connectivity index (χ1v) is 7.74. The summed E-state index contributed by atoms with van der Waals surface area (Å²) in [6, 6.07) is 0. The molecule has 8 heteroatoms. The van der Waals surface area contributed by atoms with Crippen molar-refractivity contribution in [1.82, 2.24) is 0 Å². The molecule has 0 aliphatic rings. The molecule has 0 aromatic heterocycles. The minimum atomic E-state index is -4.02. The van der Waals surface area contributed by atoms with Gasteiger partial charge in [0.25, 0.3) is 0 Å². The average Bonchev–Trinajstić information content (AvgIpc) is 1.43. The van der Waals surface area contributed by atoms with Gasteiger partial charge in [-0.25, -0.2) is 21.2 Å². The molecule has 0 spiro atoms. The van der Waals surface area contributed by atoms with E-state index in [4.69, 9.17) is 10.7 Å². The zero-order valence-corrected chi connectivity index (χ0v) is 9.51. The second-order valence-corrected chi connectivity index (χ2v) is 8.08. The Balaban J connectivity index is 4.62. The van der Waals surface area contributed by atoms with Gasteiger partial charge in [-0.3, -0.25) is 0 Å². The molecule has 0 fully saturated rings. The SMILES string of the molecule is C[C@@](F)(CS(C)(=O)=O)CS(=O)(=O)Cl. The Morgan fingerprint density at radius 3 is 1.85 bits per heavy atom. The molecule has 0 saturated heterocycles. The predicted molar refractivity (Wildman–Crippen MR) is 48.9 cm³/mol. The summed E-state index contributed by atoms with van der Waals surface area (Å²) in [6.07, 6.45) is 0.825. The summed E-state index contributed by atoms with van der Waals surface area (Å²) in [6.45, 7) is 0.883. The Kier molecular flexibility index (Phi) is 3.74. The lowest BCUT2D eigenvalue weighted by molar-refractivity contribution is 0.253. The van der Waals surface area contributed by atoms with Crippen LogP contribution in [0.5, 0.6) is 0 Å². The lowest BCUT2D eigenvalue weighted by Crippen LogP contribution is -2.34. The monoisotopic (exact) mass is 252 g/mol. The van der Waals surface area contributed by atoms with Crippen LogP contribution >= 0.6 is 10.7 Å². The topological polar surface area (TPSA) is 68.3 Å². The zero-order chi connectivity index (χ0) is 10.9. The fourth-order valence-electron chi connectivity index (χ4n) is 0.948. The Bertz CT molecular complexity index is 333. The molecular formula is C5H10ClFO4S2. The molecule has 0 amide bonds. The lowest BCUT2D eigenvalue weighted by atomic mass is 10.2. The van der Waals surface area contributed by atoms with Crippen LogP contribution in [0.2, 0.25) is 0 Å². The van der Waals surface area contributed by atoms with Gasteiger partial charge in [-0.2, -0.15) is 0 Å². The van der Waals surface area contributed by atoms with Crippen LogP contribution in [0.3, 0.4) is 0 Å². The van der Waals surface area contributed by atoms with Crippen LogP contribution in [0.1, 0.15) is 6.92 Å². The van der Waals surface area contributed by atoms with E-state index in [1.54, 1.807) is 0 Å². The number of alkyl halides is 1. The van der Waals surface area contributed by atoms with E-state index in [0.717, 1.165) is 13.2 Å². The van der Waals surface area contributed by atoms with Crippen molar-refractivity contribution in [3.8, 4) is 0 Å². The molecule has 0 aliphatic heterocycles. The highest BCUT2D eigenvalue weighted by Crippen LogP contribution is 2.17. The molecule has 4 nitrogen and oxygen atoms in total. The van der Waals surface area contributed by atoms with Crippen molar-refractivity contribution in [3.05, 3.63) is 0 Å². The average molecular weight is 253 g/mol. The van der Waals surface area contributed by atoms with Crippen molar-refractivity contribution in [2.75, 3.05) is 17.8 Å². The fourth-order valence-corrected chi connectivity index (χ4v) is 3.78. The van der Waals surface area contributed by atoms with Crippen LogP contribution in [0.4, 0.5) is 4.39 Å². The zero-order valence-electron chi connectivity index (χ0n) is 7.12. The molecule has 80 valence electrons. The summed E-state index contributed by atoms with van der Waals surface area (Å²) in [5.41, 5.74) is -2.34. The minimum Gasteiger partial charge on any atom is -0.242 e. The summed E-state index contributed by atoms with van der Waals surface area (Å²) >= 11 is 0. The Labute approximate surface area is 81.4 Å². The maximum Gasteiger partial charge on any atom is 0.235 e. The molecule has 0 saturated carbocycles. The van der Waals surface area contributed by atoms with E-state index in [2.05, 4.69) is 0 Å². The normalized spacial score (nSPS) is 18.2. The summed E-state index contributed by atoms with van der Waals surface area (Å²) in [5, 5.41) is 0. The lowest BCUT2D eigenvalue weighted by Gasteiger charge is -2.16. The third kappa shape index (κ3) is 8.45. The minimum absolute atomic E-state index is 0.825. The van der Waals surface area contributed by atoms with Gasteiger partial charge in [0.15, 0.2) is 9.84 Å². The predicted octanol–water partition coefficient (Wildman–Crippen LogP) is 0.328. The second kappa shape index (κ2) is 3.70. The maximum atomic E-state index is 13.2. The van der Waals surface area contributed by atoms with Gasteiger partial charge in [0.1, 0.15) is 5.67 Å². The van der Waals surface area contributed by atoms with Gasteiger partial charge in [-0.1, -0.05) is 0 Å². The highest BCUT2D eigenvalue weighted by molar-refractivity contribution is 8.13. The molecule has 0 aromatic carbocycles. The molecular weight excluding hydrogens is 243 g/mol. The standard InChI is InChI=1S/C5H10ClFO4S2/c1-5(7,3-12(2,8)9)4-13(6,10)11/h3-4H2,1-2H3/t5-/m1/s1. The van der Waals surface area contributed by atoms with E-state index in [9.17, 15) is 21.2 Å². The Morgan fingerprint density at radius 1 is 1.23 bits per heavy atom. The van der Waals surface area contributed by atoms with Gasteiger partial charge in [0.2, 0.25) is 9.05 Å². The van der Waals surface area contributed by atoms with E-state index in [1.165, 1.54) is 0 Å². The molecule has 0 rings (SSSR count). The molecule has 0 heterocycles. The van der Waals surface area contributed by atoms with Gasteiger partial charge in [-0.05, 0) is 6.92 Å². The molecule has 13 heavy (non-hydrogen) atoms. The highest BCUT2D eigenvalue weighted by Gasteiger charge is 2.33. The number of hydrogen-bond donors (Lipinski definition) is 0. The van der Waals surface area contributed by atoms with E-state index < -0.39 is 36.1 Å². The van der Waals surface area contributed by atoms with Gasteiger partial charge in [0, 0.05) is 16.9 Å². The molecule has 0 aliphatic carbocycles. The van der Waals surface area contributed by atoms with Crippen molar-refractivity contribution in [3.63, 3.8) is 0 Å². The van der Waals surface area contributed by atoms with Gasteiger partial charge >= 0.3 is 0 Å². The quantitative estimate of drug-likeness (QED) is 0.676. The third-order valence-electron chi connectivity index (χ3n) is 1.04. The van der Waals surface area contributed by atoms with E-state index in [1.807, 2.05) is 0 Å². The van der Waals surface area contributed by atoms with Crippen LogP contribution in [-0.2, 0) is 18.9 Å². The van der Waals surface area contributed by atoms with E-state index >= 15 is 0 Å². The first-order valence-electron chi connectivity index (χ1n) is 3.20. The van der Waals surface area contributed by atoms with Crippen LogP contribution in [0.25, 0.3) is 0 Å². The number of halogens is 2. The summed E-state index contributed by atoms with van der Waals surface area (Å²) in [5.74, 6) is -1.86. The van der Waals surface area contributed by atoms with Gasteiger partial charge in [0.05, 0.1) is 11.5 Å². The van der Waals surface area contributed by atoms with Crippen LogP contribution in [-0.4, -0.2) is 40.3 Å². The maximum absolute atomic E-state index is 13.2. The second-order valence-electron chi connectivity index (χ2n) is 3.17. The first kappa shape index (κ1) is 13.1. The van der Waals surface area contributed by atoms with Crippen LogP contribution < -0.4 is 0 Å². The van der Waals surface area contributed by atoms with Crippen molar-refractivity contribution < 1.29 is 21.2 Å². The van der Waals surface area contributed by atoms with E-state index in [0.29, 0.717) is 0 Å². The van der Waals surface area contributed by atoms with Crippen LogP contribution in [0.15, 0.2) is 0 Å². The van der Waals surface area contributed by atoms with Crippen molar-refractivity contribution >= 4 is 29.6 Å². The smallest absolute Gasteiger partial charge is 0.235 e. The molecule has 0 bridgehead atoms. The number of hydrogen-bond acceptors (Lipinski definition) is 4. The van der Waals surface area contributed by atoms with Crippen molar-refractivity contribution in [2.45, 2.75) is 12.6 Å². The summed E-state index contributed by atoms with van der Waals surface area (Å²) < 4.78 is 55.5. The third-order valence-corrected chi connectivity index (χ3v) is 3.44. The molecule has 0 aromatic rings.